The summed E-state index contributed by atoms with van der Waals surface area (Å²) in [6.45, 7) is 1.83. The number of benzene rings is 1. The largest absolute Gasteiger partial charge is 0.486 e. The number of carbonyl (C=O) groups excluding carboxylic acids is 1. The van der Waals surface area contributed by atoms with E-state index in [1.807, 2.05) is 18.2 Å². The minimum Gasteiger partial charge on any atom is -0.486 e. The van der Waals surface area contributed by atoms with E-state index in [1.165, 1.54) is 0 Å². The monoisotopic (exact) mass is 279 g/mol. The molecule has 20 heavy (non-hydrogen) atoms. The third-order valence-electron chi connectivity index (χ3n) is 3.25. The number of aliphatic hydroxyl groups excluding tert-OH is 1. The topological polar surface area (TPSA) is 59.0 Å². The Morgan fingerprint density at radius 2 is 2.00 bits per heavy atom. The van der Waals surface area contributed by atoms with Gasteiger partial charge >= 0.3 is 0 Å². The maximum Gasteiger partial charge on any atom is 0.222 e. The standard InChI is InChI=1S/C15H21NO4/c1-16(15(18)4-2-3-7-17)11-12-5-6-13-14(10-12)20-9-8-19-13/h5-6,10,17H,2-4,7-9,11H2,1H3. The molecule has 0 fully saturated rings. The molecule has 1 aliphatic rings. The first-order valence-electron chi connectivity index (χ1n) is 6.94. The van der Waals surface area contributed by atoms with E-state index in [-0.39, 0.29) is 12.5 Å². The highest BCUT2D eigenvalue weighted by atomic mass is 16.6. The highest BCUT2D eigenvalue weighted by molar-refractivity contribution is 5.75. The minimum absolute atomic E-state index is 0.0911. The molecule has 1 amide bonds. The van der Waals surface area contributed by atoms with Crippen LogP contribution in [-0.2, 0) is 11.3 Å². The number of amides is 1. The molecule has 1 aromatic carbocycles. The third-order valence-corrected chi connectivity index (χ3v) is 3.25. The summed E-state index contributed by atoms with van der Waals surface area (Å²) in [4.78, 5) is 13.6. The SMILES string of the molecule is CN(Cc1ccc2c(c1)OCCO2)C(=O)CCCCO. The van der Waals surface area contributed by atoms with E-state index >= 15 is 0 Å². The average Bonchev–Trinajstić information content (AvgIpc) is 2.47. The quantitative estimate of drug-likeness (QED) is 0.803. The van der Waals surface area contributed by atoms with Crippen molar-refractivity contribution >= 4 is 5.91 Å². The summed E-state index contributed by atoms with van der Waals surface area (Å²) >= 11 is 0. The summed E-state index contributed by atoms with van der Waals surface area (Å²) in [6, 6.07) is 5.75. The van der Waals surface area contributed by atoms with Gasteiger partial charge in [0.1, 0.15) is 13.2 Å². The zero-order valence-corrected chi connectivity index (χ0v) is 11.8. The van der Waals surface area contributed by atoms with Crippen LogP contribution in [0.1, 0.15) is 24.8 Å². The molecule has 5 heteroatoms. The average molecular weight is 279 g/mol. The summed E-state index contributed by atoms with van der Waals surface area (Å²) in [5.74, 6) is 1.60. The van der Waals surface area contributed by atoms with Crippen LogP contribution in [0.15, 0.2) is 18.2 Å². The van der Waals surface area contributed by atoms with Gasteiger partial charge in [-0.25, -0.2) is 0 Å². The fourth-order valence-corrected chi connectivity index (χ4v) is 2.13. The Labute approximate surface area is 119 Å². The first-order valence-corrected chi connectivity index (χ1v) is 6.94. The summed E-state index contributed by atoms with van der Waals surface area (Å²) in [7, 11) is 1.79. The molecule has 0 aromatic heterocycles. The van der Waals surface area contributed by atoms with Crippen LogP contribution in [0.2, 0.25) is 0 Å². The van der Waals surface area contributed by atoms with E-state index in [1.54, 1.807) is 11.9 Å². The molecule has 1 heterocycles. The smallest absolute Gasteiger partial charge is 0.222 e. The van der Waals surface area contributed by atoms with Crippen molar-refractivity contribution in [2.75, 3.05) is 26.9 Å². The minimum atomic E-state index is 0.0911. The van der Waals surface area contributed by atoms with Crippen LogP contribution in [0.3, 0.4) is 0 Å². The number of rotatable bonds is 6. The molecule has 2 rings (SSSR count). The molecular weight excluding hydrogens is 258 g/mol. The molecule has 1 aliphatic heterocycles. The summed E-state index contributed by atoms with van der Waals surface area (Å²) in [5, 5.41) is 8.71. The maximum atomic E-state index is 11.9. The number of ether oxygens (including phenoxy) is 2. The predicted molar refractivity (Wildman–Crippen MR) is 74.8 cm³/mol. The zero-order chi connectivity index (χ0) is 14.4. The second kappa shape index (κ2) is 7.14. The van der Waals surface area contributed by atoms with Gasteiger partial charge in [0.2, 0.25) is 5.91 Å². The molecule has 0 radical (unpaired) electrons. The highest BCUT2D eigenvalue weighted by Crippen LogP contribution is 2.31. The van der Waals surface area contributed by atoms with E-state index in [0.717, 1.165) is 23.5 Å². The molecule has 0 atom stereocenters. The highest BCUT2D eigenvalue weighted by Gasteiger charge is 2.14. The Morgan fingerprint density at radius 1 is 1.25 bits per heavy atom. The predicted octanol–water partition coefficient (Wildman–Crippen LogP) is 1.58. The van der Waals surface area contributed by atoms with Crippen LogP contribution in [0.25, 0.3) is 0 Å². The van der Waals surface area contributed by atoms with Gasteiger partial charge in [0.15, 0.2) is 11.5 Å². The van der Waals surface area contributed by atoms with Gasteiger partial charge in [-0.05, 0) is 30.5 Å². The fourth-order valence-electron chi connectivity index (χ4n) is 2.13. The van der Waals surface area contributed by atoms with E-state index in [9.17, 15) is 4.79 Å². The molecule has 5 nitrogen and oxygen atoms in total. The lowest BCUT2D eigenvalue weighted by atomic mass is 10.1. The molecule has 0 aliphatic carbocycles. The van der Waals surface area contributed by atoms with E-state index in [4.69, 9.17) is 14.6 Å². The van der Waals surface area contributed by atoms with E-state index < -0.39 is 0 Å². The van der Waals surface area contributed by atoms with Crippen molar-refractivity contribution in [3.8, 4) is 11.5 Å². The molecule has 0 saturated carbocycles. The van der Waals surface area contributed by atoms with Gasteiger partial charge in [-0.3, -0.25) is 4.79 Å². The summed E-state index contributed by atoms with van der Waals surface area (Å²) in [5.41, 5.74) is 1.02. The Hall–Kier alpha value is -1.75. The molecule has 0 spiro atoms. The zero-order valence-electron chi connectivity index (χ0n) is 11.8. The number of aliphatic hydroxyl groups is 1. The van der Waals surface area contributed by atoms with Gasteiger partial charge in [0, 0.05) is 26.6 Å². The van der Waals surface area contributed by atoms with Gasteiger partial charge in [-0.2, -0.15) is 0 Å². The number of unbranched alkanes of at least 4 members (excludes halogenated alkanes) is 1. The fraction of sp³-hybridized carbons (Fsp3) is 0.533. The maximum absolute atomic E-state index is 11.9. The molecule has 1 N–H and O–H groups in total. The molecular formula is C15H21NO4. The van der Waals surface area contributed by atoms with E-state index in [0.29, 0.717) is 32.6 Å². The van der Waals surface area contributed by atoms with Crippen molar-refractivity contribution in [2.45, 2.75) is 25.8 Å². The number of fused-ring (bicyclic) bond motifs is 1. The molecule has 1 aromatic rings. The first kappa shape index (κ1) is 14.7. The first-order chi connectivity index (χ1) is 9.70. The van der Waals surface area contributed by atoms with Crippen molar-refractivity contribution in [2.24, 2.45) is 0 Å². The van der Waals surface area contributed by atoms with Crippen LogP contribution < -0.4 is 9.47 Å². The number of hydrogen-bond donors (Lipinski definition) is 1. The normalized spacial score (nSPS) is 13.1. The van der Waals surface area contributed by atoms with Gasteiger partial charge in [-0.1, -0.05) is 6.07 Å². The Bertz CT molecular complexity index is 461. The van der Waals surface area contributed by atoms with Gasteiger partial charge < -0.3 is 19.5 Å². The van der Waals surface area contributed by atoms with Crippen LogP contribution in [0, 0.1) is 0 Å². The van der Waals surface area contributed by atoms with Gasteiger partial charge in [0.05, 0.1) is 0 Å². The number of carbonyl (C=O) groups is 1. The third kappa shape index (κ3) is 3.87. The number of nitrogens with zero attached hydrogens (tertiary/aromatic N) is 1. The summed E-state index contributed by atoms with van der Waals surface area (Å²) in [6.07, 6.45) is 1.87. The van der Waals surface area contributed by atoms with Gasteiger partial charge in [0.25, 0.3) is 0 Å². The van der Waals surface area contributed by atoms with Crippen LogP contribution in [0.5, 0.6) is 11.5 Å². The number of hydrogen-bond acceptors (Lipinski definition) is 4. The molecule has 0 bridgehead atoms. The molecule has 110 valence electrons. The Balaban J connectivity index is 1.90. The van der Waals surface area contributed by atoms with Crippen LogP contribution in [0.4, 0.5) is 0 Å². The Kier molecular flexibility index (Phi) is 5.24. The lowest BCUT2D eigenvalue weighted by Gasteiger charge is -2.21. The molecule has 0 unspecified atom stereocenters. The van der Waals surface area contributed by atoms with Gasteiger partial charge in [-0.15, -0.1) is 0 Å². The lowest BCUT2D eigenvalue weighted by molar-refractivity contribution is -0.130. The molecule has 0 saturated heterocycles. The lowest BCUT2D eigenvalue weighted by Crippen LogP contribution is -2.26. The van der Waals surface area contributed by atoms with Crippen molar-refractivity contribution in [3.05, 3.63) is 23.8 Å². The van der Waals surface area contributed by atoms with Crippen molar-refractivity contribution in [1.29, 1.82) is 0 Å². The second-order valence-electron chi connectivity index (χ2n) is 4.91. The van der Waals surface area contributed by atoms with Crippen molar-refractivity contribution in [3.63, 3.8) is 0 Å². The summed E-state index contributed by atoms with van der Waals surface area (Å²) < 4.78 is 11.0. The van der Waals surface area contributed by atoms with Crippen molar-refractivity contribution in [1.82, 2.24) is 4.90 Å². The Morgan fingerprint density at radius 3 is 2.75 bits per heavy atom. The second-order valence-corrected chi connectivity index (χ2v) is 4.91. The van der Waals surface area contributed by atoms with Crippen molar-refractivity contribution < 1.29 is 19.4 Å². The van der Waals surface area contributed by atoms with Crippen LogP contribution in [-0.4, -0.2) is 42.8 Å². The van der Waals surface area contributed by atoms with E-state index in [2.05, 4.69) is 0 Å². The van der Waals surface area contributed by atoms with Crippen LogP contribution >= 0.6 is 0 Å².